The van der Waals surface area contributed by atoms with Crippen LogP contribution >= 0.6 is 0 Å². The van der Waals surface area contributed by atoms with E-state index in [4.69, 9.17) is 14.2 Å². The summed E-state index contributed by atoms with van der Waals surface area (Å²) in [5.74, 6) is -1.80. The van der Waals surface area contributed by atoms with E-state index >= 15 is 0 Å². The summed E-state index contributed by atoms with van der Waals surface area (Å²) in [5.41, 5.74) is 0. The van der Waals surface area contributed by atoms with E-state index < -0.39 is 17.8 Å². The summed E-state index contributed by atoms with van der Waals surface area (Å²) in [5, 5.41) is 0. The molecule has 1 aromatic rings. The van der Waals surface area contributed by atoms with Crippen LogP contribution in [0.1, 0.15) is 13.8 Å². The number of halogens is 1. The minimum absolute atomic E-state index is 0.0196. The smallest absolute Gasteiger partial charge is 0.335 e. The van der Waals surface area contributed by atoms with E-state index in [1.54, 1.807) is 0 Å². The molecule has 0 amide bonds. The van der Waals surface area contributed by atoms with Crippen molar-refractivity contribution in [3.05, 3.63) is 60.8 Å². The first kappa shape index (κ1) is 17.2. The van der Waals surface area contributed by atoms with Gasteiger partial charge in [0.2, 0.25) is 0 Å². The number of carbonyl (C=O) groups is 2. The van der Waals surface area contributed by atoms with Crippen molar-refractivity contribution in [3.8, 4) is 11.5 Å². The van der Waals surface area contributed by atoms with E-state index in [9.17, 15) is 14.0 Å². The van der Waals surface area contributed by atoms with Crippen molar-refractivity contribution >= 4 is 11.9 Å². The van der Waals surface area contributed by atoms with Crippen molar-refractivity contribution in [2.45, 2.75) is 13.8 Å². The first-order valence-electron chi connectivity index (χ1n) is 6.20. The van der Waals surface area contributed by atoms with Gasteiger partial charge in [-0.2, -0.15) is 0 Å². The van der Waals surface area contributed by atoms with Crippen LogP contribution < -0.4 is 9.47 Å². The average Bonchev–Trinajstić information content (AvgIpc) is 2.49. The van der Waals surface area contributed by atoms with Crippen molar-refractivity contribution < 1.29 is 28.2 Å². The highest BCUT2D eigenvalue weighted by atomic mass is 19.1. The van der Waals surface area contributed by atoms with Gasteiger partial charge in [0.1, 0.15) is 17.3 Å². The van der Waals surface area contributed by atoms with Gasteiger partial charge in [0.25, 0.3) is 0 Å². The Balaban J connectivity index is 2.87. The molecule has 116 valence electrons. The van der Waals surface area contributed by atoms with Gasteiger partial charge in [0.15, 0.2) is 11.6 Å². The summed E-state index contributed by atoms with van der Waals surface area (Å²) < 4.78 is 28.8. The lowest BCUT2D eigenvalue weighted by atomic mass is 10.3. The Morgan fingerprint density at radius 1 is 1.05 bits per heavy atom. The van der Waals surface area contributed by atoms with E-state index in [-0.39, 0.29) is 23.0 Å². The molecule has 0 spiro atoms. The van der Waals surface area contributed by atoms with Gasteiger partial charge >= 0.3 is 11.9 Å². The second-order valence-corrected chi connectivity index (χ2v) is 4.06. The number of hydrogen-bond acceptors (Lipinski definition) is 5. The van der Waals surface area contributed by atoms with Crippen LogP contribution in [0.25, 0.3) is 0 Å². The van der Waals surface area contributed by atoms with Crippen molar-refractivity contribution in [3.63, 3.8) is 0 Å². The molecule has 0 bridgehead atoms. The zero-order chi connectivity index (χ0) is 16.7. The second-order valence-electron chi connectivity index (χ2n) is 4.06. The van der Waals surface area contributed by atoms with Crippen molar-refractivity contribution in [1.29, 1.82) is 0 Å². The van der Waals surface area contributed by atoms with E-state index in [0.29, 0.717) is 0 Å². The largest absolute Gasteiger partial charge is 0.455 e. The van der Waals surface area contributed by atoms with Crippen LogP contribution in [-0.2, 0) is 14.3 Å². The highest BCUT2D eigenvalue weighted by molar-refractivity contribution is 5.83. The van der Waals surface area contributed by atoms with Gasteiger partial charge in [-0.25, -0.2) is 14.0 Å². The molecule has 1 rings (SSSR count). The summed E-state index contributed by atoms with van der Waals surface area (Å²) in [6.07, 6.45) is 1.96. The first-order chi connectivity index (χ1) is 10.4. The number of benzene rings is 1. The first-order valence-corrected chi connectivity index (χ1v) is 6.20. The number of carbonyl (C=O) groups excluding carboxylic acids is 2. The number of rotatable bonds is 6. The van der Waals surface area contributed by atoms with Crippen molar-refractivity contribution in [2.24, 2.45) is 0 Å². The fourth-order valence-electron chi connectivity index (χ4n) is 1.29. The summed E-state index contributed by atoms with van der Waals surface area (Å²) in [6.45, 7) is 9.51. The molecule has 5 nitrogen and oxygen atoms in total. The minimum atomic E-state index is -0.739. The van der Waals surface area contributed by atoms with E-state index in [1.807, 2.05) is 0 Å². The molecule has 0 N–H and O–H groups in total. The number of allylic oxidation sites excluding steroid dienone is 2. The van der Waals surface area contributed by atoms with Crippen LogP contribution in [0.4, 0.5) is 4.39 Å². The van der Waals surface area contributed by atoms with Gasteiger partial charge in [-0.15, -0.1) is 0 Å². The molecule has 0 aromatic heterocycles. The molecule has 0 fully saturated rings. The second kappa shape index (κ2) is 7.78. The van der Waals surface area contributed by atoms with Crippen molar-refractivity contribution in [2.75, 3.05) is 0 Å². The molecule has 0 unspecified atom stereocenters. The molecule has 0 saturated carbocycles. The number of ether oxygens (including phenoxy) is 3. The van der Waals surface area contributed by atoms with Gasteiger partial charge in [0, 0.05) is 18.2 Å². The van der Waals surface area contributed by atoms with Gasteiger partial charge in [-0.3, -0.25) is 0 Å². The molecule has 0 aliphatic rings. The summed E-state index contributed by atoms with van der Waals surface area (Å²) >= 11 is 0. The third-order valence-corrected chi connectivity index (χ3v) is 2.47. The molecule has 6 heteroatoms. The zero-order valence-electron chi connectivity index (χ0n) is 12.2. The third-order valence-electron chi connectivity index (χ3n) is 2.47. The van der Waals surface area contributed by atoms with Gasteiger partial charge in [0.05, 0.1) is 0 Å². The Hall–Kier alpha value is -2.89. The zero-order valence-corrected chi connectivity index (χ0v) is 12.2. The highest BCUT2D eigenvalue weighted by Gasteiger charge is 2.11. The molecule has 0 aliphatic heterocycles. The molecule has 0 heterocycles. The van der Waals surface area contributed by atoms with Gasteiger partial charge in [-0.1, -0.05) is 13.2 Å². The average molecular weight is 306 g/mol. The van der Waals surface area contributed by atoms with E-state index in [0.717, 1.165) is 18.2 Å². The van der Waals surface area contributed by atoms with E-state index in [1.165, 1.54) is 26.0 Å². The normalized spacial score (nSPS) is 11.0. The number of hydrogen-bond donors (Lipinski definition) is 0. The molecule has 22 heavy (non-hydrogen) atoms. The molecule has 0 radical (unpaired) electrons. The van der Waals surface area contributed by atoms with Crippen molar-refractivity contribution in [1.82, 2.24) is 0 Å². The molecule has 0 aliphatic carbocycles. The van der Waals surface area contributed by atoms with Gasteiger partial charge in [-0.05, 0) is 26.0 Å². The fraction of sp³-hybridized carbons (Fsp3) is 0.125. The molecular weight excluding hydrogens is 291 g/mol. The summed E-state index contributed by atoms with van der Waals surface area (Å²) in [6, 6.07) is 3.64. The van der Waals surface area contributed by atoms with Gasteiger partial charge < -0.3 is 14.2 Å². The molecular formula is C16H15FO5. The van der Waals surface area contributed by atoms with Crippen LogP contribution in [-0.4, -0.2) is 11.9 Å². The van der Waals surface area contributed by atoms with Crippen LogP contribution in [0.15, 0.2) is 55.0 Å². The summed E-state index contributed by atoms with van der Waals surface area (Å²) in [7, 11) is 0. The van der Waals surface area contributed by atoms with Crippen LogP contribution in [0.2, 0.25) is 0 Å². The maximum absolute atomic E-state index is 13.9. The van der Waals surface area contributed by atoms with Crippen LogP contribution in [0.3, 0.4) is 0 Å². The maximum Gasteiger partial charge on any atom is 0.335 e. The van der Waals surface area contributed by atoms with E-state index in [2.05, 4.69) is 13.2 Å². The predicted octanol–water partition coefficient (Wildman–Crippen LogP) is 3.28. The lowest BCUT2D eigenvalue weighted by Gasteiger charge is -2.11. The molecule has 0 saturated heterocycles. The quantitative estimate of drug-likeness (QED) is 0.349. The van der Waals surface area contributed by atoms with Crippen LogP contribution in [0.5, 0.6) is 11.5 Å². The number of esters is 2. The topological polar surface area (TPSA) is 61.8 Å². The highest BCUT2D eigenvalue weighted by Crippen LogP contribution is 2.25. The Morgan fingerprint density at radius 3 is 2.23 bits per heavy atom. The predicted molar refractivity (Wildman–Crippen MR) is 77.5 cm³/mol. The monoisotopic (exact) mass is 306 g/mol. The lowest BCUT2D eigenvalue weighted by molar-refractivity contribution is -0.134. The SMILES string of the molecule is C=CC(=O)OC(C)=C(C)Oc1ccc(OC(=O)C=C)cc1F. The standard InChI is InChI=1S/C16H15FO5/c1-5-15(18)21-11(4)10(3)20-14-8-7-12(9-13(14)17)22-16(19)6-2/h5-9H,1-2H2,3-4H3. The van der Waals surface area contributed by atoms with Crippen LogP contribution in [0, 0.1) is 5.82 Å². The Bertz CT molecular complexity index is 646. The Morgan fingerprint density at radius 2 is 1.68 bits per heavy atom. The summed E-state index contributed by atoms with van der Waals surface area (Å²) in [4.78, 5) is 22.1. The Kier molecular flexibility index (Phi) is 6.07. The lowest BCUT2D eigenvalue weighted by Crippen LogP contribution is -2.05. The molecule has 0 atom stereocenters. The minimum Gasteiger partial charge on any atom is -0.455 e. The maximum atomic E-state index is 13.9. The Labute approximate surface area is 127 Å². The third kappa shape index (κ3) is 4.90. The molecule has 1 aromatic carbocycles. The fourth-order valence-corrected chi connectivity index (χ4v) is 1.29.